The number of anilines is 1. The average Bonchev–Trinajstić information content (AvgIpc) is 2.61. The quantitative estimate of drug-likeness (QED) is 0.851. The molecule has 0 aliphatic rings. The van der Waals surface area contributed by atoms with E-state index in [0.29, 0.717) is 18.2 Å². The Hall–Kier alpha value is -2.62. The van der Waals surface area contributed by atoms with Crippen molar-refractivity contribution in [3.63, 3.8) is 0 Å². The fourth-order valence-electron chi connectivity index (χ4n) is 2.54. The molecule has 0 fully saturated rings. The van der Waals surface area contributed by atoms with E-state index in [9.17, 15) is 9.59 Å². The summed E-state index contributed by atoms with van der Waals surface area (Å²) in [6.45, 7) is 4.61. The van der Waals surface area contributed by atoms with Crippen LogP contribution in [0.25, 0.3) is 0 Å². The molecule has 24 heavy (non-hydrogen) atoms. The monoisotopic (exact) mass is 324 g/mol. The van der Waals surface area contributed by atoms with Crippen molar-refractivity contribution in [2.75, 3.05) is 12.4 Å². The zero-order chi connectivity index (χ0) is 17.5. The third kappa shape index (κ3) is 4.44. The number of benzene rings is 2. The van der Waals surface area contributed by atoms with E-state index in [1.54, 1.807) is 7.05 Å². The summed E-state index contributed by atoms with van der Waals surface area (Å²) < 4.78 is 0. The molecule has 0 saturated carbocycles. The maximum Gasteiger partial charge on any atom is 0.313 e. The number of carbonyl (C=O) groups excluding carboxylic acids is 2. The van der Waals surface area contributed by atoms with E-state index in [-0.39, 0.29) is 0 Å². The van der Waals surface area contributed by atoms with Crippen molar-refractivity contribution >= 4 is 17.5 Å². The molecule has 4 heteroatoms. The Labute approximate surface area is 143 Å². The van der Waals surface area contributed by atoms with Crippen LogP contribution < -0.4 is 5.32 Å². The van der Waals surface area contributed by atoms with Gasteiger partial charge in [0.05, 0.1) is 0 Å². The van der Waals surface area contributed by atoms with Gasteiger partial charge in [-0.1, -0.05) is 62.4 Å². The van der Waals surface area contributed by atoms with Crippen molar-refractivity contribution in [2.45, 2.75) is 32.7 Å². The van der Waals surface area contributed by atoms with E-state index in [0.717, 1.165) is 17.5 Å². The zero-order valence-electron chi connectivity index (χ0n) is 14.5. The van der Waals surface area contributed by atoms with Crippen LogP contribution in [-0.4, -0.2) is 23.8 Å². The molecule has 2 rings (SSSR count). The maximum atomic E-state index is 12.3. The second-order valence-corrected chi connectivity index (χ2v) is 6.00. The van der Waals surface area contributed by atoms with Gasteiger partial charge in [0.2, 0.25) is 0 Å². The predicted octanol–water partition coefficient (Wildman–Crippen LogP) is 3.80. The molecule has 126 valence electrons. The van der Waals surface area contributed by atoms with Crippen LogP contribution >= 0.6 is 0 Å². The molecule has 0 aromatic heterocycles. The molecule has 4 nitrogen and oxygen atoms in total. The van der Waals surface area contributed by atoms with Crippen molar-refractivity contribution in [2.24, 2.45) is 0 Å². The second-order valence-electron chi connectivity index (χ2n) is 6.00. The highest BCUT2D eigenvalue weighted by Gasteiger charge is 2.20. The number of hydrogen-bond acceptors (Lipinski definition) is 2. The molecule has 0 spiro atoms. The van der Waals surface area contributed by atoms with Crippen LogP contribution in [0.5, 0.6) is 0 Å². The van der Waals surface area contributed by atoms with Crippen LogP contribution in [0.3, 0.4) is 0 Å². The van der Waals surface area contributed by atoms with Crippen molar-refractivity contribution in [1.29, 1.82) is 0 Å². The molecule has 2 amide bonds. The molecule has 0 saturated heterocycles. The van der Waals surface area contributed by atoms with Crippen LogP contribution in [0.4, 0.5) is 5.69 Å². The predicted molar refractivity (Wildman–Crippen MR) is 96.7 cm³/mol. The van der Waals surface area contributed by atoms with Gasteiger partial charge in [-0.25, -0.2) is 0 Å². The Morgan fingerprint density at radius 1 is 1.04 bits per heavy atom. The Balaban J connectivity index is 2.05. The van der Waals surface area contributed by atoms with E-state index in [1.165, 1.54) is 4.90 Å². The first-order chi connectivity index (χ1) is 11.5. The van der Waals surface area contributed by atoms with Crippen molar-refractivity contribution in [3.05, 3.63) is 65.7 Å². The lowest BCUT2D eigenvalue weighted by atomic mass is 9.97. The number of likely N-dealkylation sites (N-methyl/N-ethyl adjacent to an activating group) is 1. The summed E-state index contributed by atoms with van der Waals surface area (Å²) in [5.74, 6) is -0.833. The molecule has 1 atom stereocenters. The highest BCUT2D eigenvalue weighted by Crippen LogP contribution is 2.26. The SMILES string of the molecule is CCC(C)c1ccccc1NC(=O)C(=O)N(C)Cc1ccccc1. The van der Waals surface area contributed by atoms with Crippen LogP contribution in [0.15, 0.2) is 54.6 Å². The third-order valence-corrected chi connectivity index (χ3v) is 4.16. The lowest BCUT2D eigenvalue weighted by molar-refractivity contribution is -0.142. The fraction of sp³-hybridized carbons (Fsp3) is 0.300. The summed E-state index contributed by atoms with van der Waals surface area (Å²) in [4.78, 5) is 26.0. The number of nitrogens with zero attached hydrogens (tertiary/aromatic N) is 1. The first-order valence-electron chi connectivity index (χ1n) is 8.22. The summed E-state index contributed by atoms with van der Waals surface area (Å²) in [6, 6.07) is 17.2. The van der Waals surface area contributed by atoms with Gasteiger partial charge in [-0.2, -0.15) is 0 Å². The fourth-order valence-corrected chi connectivity index (χ4v) is 2.54. The normalized spacial score (nSPS) is 11.6. The summed E-state index contributed by atoms with van der Waals surface area (Å²) in [5.41, 5.74) is 2.74. The second kappa shape index (κ2) is 8.29. The van der Waals surface area contributed by atoms with Crippen LogP contribution in [-0.2, 0) is 16.1 Å². The molecule has 1 unspecified atom stereocenters. The van der Waals surface area contributed by atoms with Gasteiger partial charge in [0.1, 0.15) is 0 Å². The van der Waals surface area contributed by atoms with Crippen molar-refractivity contribution < 1.29 is 9.59 Å². The zero-order valence-corrected chi connectivity index (χ0v) is 14.5. The van der Waals surface area contributed by atoms with E-state index < -0.39 is 11.8 Å². The lowest BCUT2D eigenvalue weighted by Crippen LogP contribution is -2.36. The minimum Gasteiger partial charge on any atom is -0.333 e. The summed E-state index contributed by atoms with van der Waals surface area (Å²) in [5, 5.41) is 2.76. The highest BCUT2D eigenvalue weighted by atomic mass is 16.2. The molecular weight excluding hydrogens is 300 g/mol. The standard InChI is InChI=1S/C20H24N2O2/c1-4-15(2)17-12-8-9-13-18(17)21-19(23)20(24)22(3)14-16-10-6-5-7-11-16/h5-13,15H,4,14H2,1-3H3,(H,21,23). The van der Waals surface area contributed by atoms with Crippen LogP contribution in [0, 0.1) is 0 Å². The molecule has 1 N–H and O–H groups in total. The van der Waals surface area contributed by atoms with Crippen molar-refractivity contribution in [3.8, 4) is 0 Å². The Bertz CT molecular complexity index is 698. The van der Waals surface area contributed by atoms with Gasteiger partial charge in [0, 0.05) is 19.3 Å². The number of amides is 2. The molecule has 2 aromatic rings. The topological polar surface area (TPSA) is 49.4 Å². The van der Waals surface area contributed by atoms with Gasteiger partial charge >= 0.3 is 11.8 Å². The van der Waals surface area contributed by atoms with Crippen LogP contribution in [0.1, 0.15) is 37.3 Å². The minimum absolute atomic E-state index is 0.318. The number of hydrogen-bond donors (Lipinski definition) is 1. The smallest absolute Gasteiger partial charge is 0.313 e. The average molecular weight is 324 g/mol. The maximum absolute atomic E-state index is 12.3. The lowest BCUT2D eigenvalue weighted by Gasteiger charge is -2.19. The van der Waals surface area contributed by atoms with Gasteiger partial charge < -0.3 is 10.2 Å². The van der Waals surface area contributed by atoms with Gasteiger partial charge in [0.15, 0.2) is 0 Å². The van der Waals surface area contributed by atoms with Gasteiger partial charge in [-0.05, 0) is 29.5 Å². The minimum atomic E-state index is -0.607. The number of rotatable bonds is 5. The molecule has 2 aromatic carbocycles. The largest absolute Gasteiger partial charge is 0.333 e. The number of carbonyl (C=O) groups is 2. The van der Waals surface area contributed by atoms with Crippen molar-refractivity contribution in [1.82, 2.24) is 4.90 Å². The molecule has 0 radical (unpaired) electrons. The molecule has 0 aliphatic carbocycles. The first-order valence-corrected chi connectivity index (χ1v) is 8.22. The van der Waals surface area contributed by atoms with Crippen LogP contribution in [0.2, 0.25) is 0 Å². The summed E-state index contributed by atoms with van der Waals surface area (Å²) in [7, 11) is 1.63. The molecule has 0 heterocycles. The Morgan fingerprint density at radius 3 is 2.33 bits per heavy atom. The Kier molecular flexibility index (Phi) is 6.13. The van der Waals surface area contributed by atoms with Gasteiger partial charge in [0.25, 0.3) is 0 Å². The van der Waals surface area contributed by atoms with E-state index >= 15 is 0 Å². The summed E-state index contributed by atoms with van der Waals surface area (Å²) in [6.07, 6.45) is 0.967. The molecular formula is C20H24N2O2. The number of nitrogens with one attached hydrogen (secondary N) is 1. The number of para-hydroxylation sites is 1. The van der Waals surface area contributed by atoms with E-state index in [2.05, 4.69) is 19.2 Å². The van der Waals surface area contributed by atoms with Gasteiger partial charge in [-0.15, -0.1) is 0 Å². The summed E-state index contributed by atoms with van der Waals surface area (Å²) >= 11 is 0. The third-order valence-electron chi connectivity index (χ3n) is 4.16. The van der Waals surface area contributed by atoms with Gasteiger partial charge in [-0.3, -0.25) is 9.59 Å². The highest BCUT2D eigenvalue weighted by molar-refractivity contribution is 6.39. The van der Waals surface area contributed by atoms with E-state index in [1.807, 2.05) is 54.6 Å². The molecule has 0 bridgehead atoms. The first kappa shape index (κ1) is 17.7. The molecule has 0 aliphatic heterocycles. The van der Waals surface area contributed by atoms with E-state index in [4.69, 9.17) is 0 Å². The Morgan fingerprint density at radius 2 is 1.67 bits per heavy atom.